The number of phenolic OH excluding ortho intramolecular Hbond substituents is 1. The molecule has 2 atom stereocenters. The fourth-order valence-electron chi connectivity index (χ4n) is 1.93. The molecular weight excluding hydrogens is 250 g/mol. The van der Waals surface area contributed by atoms with Crippen LogP contribution < -0.4 is 5.32 Å². The highest BCUT2D eigenvalue weighted by Gasteiger charge is 2.53. The summed E-state index contributed by atoms with van der Waals surface area (Å²) in [6.07, 6.45) is -0.385. The molecule has 0 unspecified atom stereocenters. The number of epoxide rings is 1. The zero-order chi connectivity index (χ0) is 13.6. The van der Waals surface area contributed by atoms with E-state index in [-0.39, 0.29) is 22.8 Å². The lowest BCUT2D eigenvalue weighted by atomic mass is 10.0. The van der Waals surface area contributed by atoms with Crippen LogP contribution >= 0.6 is 0 Å². The third kappa shape index (κ3) is 1.92. The van der Waals surface area contributed by atoms with Crippen LogP contribution in [0.25, 0.3) is 0 Å². The van der Waals surface area contributed by atoms with Crippen LogP contribution in [0.2, 0.25) is 0 Å². The predicted molar refractivity (Wildman–Crippen MR) is 62.3 cm³/mol. The van der Waals surface area contributed by atoms with Crippen molar-refractivity contribution < 1.29 is 24.2 Å². The first-order chi connectivity index (χ1) is 9.08. The van der Waals surface area contributed by atoms with E-state index in [1.54, 1.807) is 12.1 Å². The maximum atomic E-state index is 11.9. The van der Waals surface area contributed by atoms with Gasteiger partial charge >= 0.3 is 0 Å². The molecule has 1 aromatic carbocycles. The van der Waals surface area contributed by atoms with E-state index in [0.717, 1.165) is 6.08 Å². The molecule has 96 valence electrons. The number of phenols is 1. The molecule has 1 fully saturated rings. The lowest BCUT2D eigenvalue weighted by Crippen LogP contribution is -2.34. The fourth-order valence-corrected chi connectivity index (χ4v) is 1.93. The van der Waals surface area contributed by atoms with Gasteiger partial charge < -0.3 is 15.2 Å². The van der Waals surface area contributed by atoms with E-state index in [4.69, 9.17) is 4.74 Å². The smallest absolute Gasteiger partial charge is 0.259 e. The van der Waals surface area contributed by atoms with Gasteiger partial charge in [-0.05, 0) is 12.1 Å². The van der Waals surface area contributed by atoms with Crippen molar-refractivity contribution in [2.45, 2.75) is 12.2 Å². The number of rotatable bonds is 2. The van der Waals surface area contributed by atoms with Crippen molar-refractivity contribution in [1.82, 2.24) is 5.32 Å². The quantitative estimate of drug-likeness (QED) is 0.724. The molecule has 0 spiro atoms. The lowest BCUT2D eigenvalue weighted by Gasteiger charge is -2.10. The summed E-state index contributed by atoms with van der Waals surface area (Å²) >= 11 is 0. The van der Waals surface area contributed by atoms with Crippen LogP contribution in [0.15, 0.2) is 36.0 Å². The van der Waals surface area contributed by atoms with Gasteiger partial charge in [-0.1, -0.05) is 12.1 Å². The number of benzene rings is 1. The largest absolute Gasteiger partial charge is 0.507 e. The number of aromatic hydroxyl groups is 1. The molecule has 1 aromatic rings. The van der Waals surface area contributed by atoms with Crippen molar-refractivity contribution in [2.75, 3.05) is 0 Å². The number of hydrogen-bond donors (Lipinski definition) is 2. The van der Waals surface area contributed by atoms with E-state index in [1.165, 1.54) is 12.1 Å². The zero-order valence-electron chi connectivity index (χ0n) is 9.62. The van der Waals surface area contributed by atoms with E-state index < -0.39 is 23.9 Å². The third-order valence-electron chi connectivity index (χ3n) is 2.98. The highest BCUT2D eigenvalue weighted by Crippen LogP contribution is 2.30. The molecule has 2 N–H and O–H groups in total. The average molecular weight is 259 g/mol. The van der Waals surface area contributed by atoms with Crippen LogP contribution in [0.1, 0.15) is 10.4 Å². The number of ether oxygens (including phenoxy) is 1. The van der Waals surface area contributed by atoms with Gasteiger partial charge in [-0.3, -0.25) is 14.4 Å². The Morgan fingerprint density at radius 3 is 2.68 bits per heavy atom. The van der Waals surface area contributed by atoms with Crippen LogP contribution in [0, 0.1) is 0 Å². The average Bonchev–Trinajstić information content (AvgIpc) is 3.17. The number of carbonyl (C=O) groups excluding carboxylic acids is 3. The van der Waals surface area contributed by atoms with Gasteiger partial charge in [0.1, 0.15) is 5.75 Å². The van der Waals surface area contributed by atoms with Gasteiger partial charge in [0.25, 0.3) is 5.91 Å². The number of para-hydroxylation sites is 1. The van der Waals surface area contributed by atoms with Crippen LogP contribution in [-0.4, -0.2) is 34.8 Å². The van der Waals surface area contributed by atoms with Crippen molar-refractivity contribution in [3.63, 3.8) is 0 Å². The molecule has 1 aliphatic carbocycles. The number of hydrogen-bond acceptors (Lipinski definition) is 5. The first-order valence-electron chi connectivity index (χ1n) is 5.62. The van der Waals surface area contributed by atoms with E-state index in [9.17, 15) is 19.5 Å². The molecule has 6 nitrogen and oxygen atoms in total. The SMILES string of the molecule is O=C(NC1=CC(=O)[C@@H]2O[C@@H]2C1=O)c1ccccc1O. The fraction of sp³-hybridized carbons (Fsp3) is 0.154. The molecule has 0 saturated carbocycles. The molecule has 3 rings (SSSR count). The van der Waals surface area contributed by atoms with Gasteiger partial charge in [0.05, 0.1) is 11.3 Å². The standard InChI is InChI=1S/C13H9NO5/c15-8-4-2-1-3-6(8)13(18)14-7-5-9(16)11-12(19-11)10(7)17/h1-5,11-12,15H,(H,14,18)/t11-,12+/m0/s1. The van der Waals surface area contributed by atoms with Crippen LogP contribution in [-0.2, 0) is 14.3 Å². The number of Topliss-reactive ketones (excluding diaryl/α,β-unsaturated/α-hetero) is 1. The summed E-state index contributed by atoms with van der Waals surface area (Å²) in [5.41, 5.74) is -0.0699. The van der Waals surface area contributed by atoms with Gasteiger partial charge in [-0.2, -0.15) is 0 Å². The van der Waals surface area contributed by atoms with Crippen molar-refractivity contribution in [1.29, 1.82) is 0 Å². The molecule has 1 saturated heterocycles. The van der Waals surface area contributed by atoms with Crippen LogP contribution in [0.5, 0.6) is 5.75 Å². The van der Waals surface area contributed by atoms with Crippen molar-refractivity contribution in [3.05, 3.63) is 41.6 Å². The first kappa shape index (κ1) is 11.6. The third-order valence-corrected chi connectivity index (χ3v) is 2.98. The first-order valence-corrected chi connectivity index (χ1v) is 5.62. The minimum atomic E-state index is -0.767. The molecule has 0 radical (unpaired) electrons. The zero-order valence-corrected chi connectivity index (χ0v) is 9.62. The second kappa shape index (κ2) is 4.03. The Bertz CT molecular complexity index is 634. The summed E-state index contributed by atoms with van der Waals surface area (Å²) in [7, 11) is 0. The van der Waals surface area contributed by atoms with Crippen LogP contribution in [0.3, 0.4) is 0 Å². The van der Waals surface area contributed by atoms with Crippen molar-refractivity contribution in [2.24, 2.45) is 0 Å². The molecule has 6 heteroatoms. The minimum absolute atomic E-state index is 0.0301. The Balaban J connectivity index is 1.82. The van der Waals surface area contributed by atoms with Gasteiger partial charge in [0, 0.05) is 6.08 Å². The predicted octanol–water partition coefficient (Wildman–Crippen LogP) is -0.0749. The van der Waals surface area contributed by atoms with Crippen LogP contribution in [0.4, 0.5) is 0 Å². The summed E-state index contributed by atoms with van der Waals surface area (Å²) in [5, 5.41) is 11.9. The maximum Gasteiger partial charge on any atom is 0.259 e. The maximum absolute atomic E-state index is 11.9. The normalized spacial score (nSPS) is 24.5. The van der Waals surface area contributed by atoms with E-state index >= 15 is 0 Å². The van der Waals surface area contributed by atoms with Gasteiger partial charge in [0.15, 0.2) is 18.0 Å². The number of ketones is 2. The summed E-state index contributed by atoms with van der Waals surface area (Å²) in [4.78, 5) is 35.1. The lowest BCUT2D eigenvalue weighted by molar-refractivity contribution is -0.119. The molecule has 1 amide bonds. The molecular formula is C13H9NO5. The van der Waals surface area contributed by atoms with Gasteiger partial charge in [-0.25, -0.2) is 0 Å². The minimum Gasteiger partial charge on any atom is -0.507 e. The second-order valence-electron chi connectivity index (χ2n) is 4.27. The Hall–Kier alpha value is -2.47. The van der Waals surface area contributed by atoms with Crippen molar-refractivity contribution >= 4 is 17.5 Å². The van der Waals surface area contributed by atoms with E-state index in [2.05, 4.69) is 5.32 Å². The Morgan fingerprint density at radius 1 is 1.21 bits per heavy atom. The molecule has 0 bridgehead atoms. The summed E-state index contributed by atoms with van der Waals surface area (Å²) in [5.74, 6) is -1.61. The topological polar surface area (TPSA) is 96.0 Å². The van der Waals surface area contributed by atoms with Gasteiger partial charge in [0.2, 0.25) is 5.78 Å². The Morgan fingerprint density at radius 2 is 1.95 bits per heavy atom. The molecule has 1 aliphatic heterocycles. The molecule has 19 heavy (non-hydrogen) atoms. The summed E-state index contributed by atoms with van der Waals surface area (Å²) in [6, 6.07) is 5.92. The Labute approximate surface area is 107 Å². The molecule has 2 aliphatic rings. The number of carbonyl (C=O) groups is 3. The number of amides is 1. The second-order valence-corrected chi connectivity index (χ2v) is 4.27. The number of fused-ring (bicyclic) bond motifs is 1. The number of nitrogens with one attached hydrogen (secondary N) is 1. The highest BCUT2D eigenvalue weighted by molar-refractivity contribution is 6.17. The van der Waals surface area contributed by atoms with E-state index in [1.807, 2.05) is 0 Å². The van der Waals surface area contributed by atoms with Gasteiger partial charge in [-0.15, -0.1) is 0 Å². The van der Waals surface area contributed by atoms with Crippen molar-refractivity contribution in [3.8, 4) is 5.75 Å². The molecule has 0 aromatic heterocycles. The summed E-state index contributed by atoms with van der Waals surface area (Å²) < 4.78 is 4.89. The monoisotopic (exact) mass is 259 g/mol. The van der Waals surface area contributed by atoms with E-state index in [0.29, 0.717) is 0 Å². The Kier molecular flexibility index (Phi) is 2.46. The summed E-state index contributed by atoms with van der Waals surface area (Å²) in [6.45, 7) is 0. The molecule has 1 heterocycles. The highest BCUT2D eigenvalue weighted by atomic mass is 16.6.